The number of hydrogen-bond acceptors (Lipinski definition) is 1. The van der Waals surface area contributed by atoms with E-state index in [1.54, 1.807) is 0 Å². The van der Waals surface area contributed by atoms with Gasteiger partial charge in [0.1, 0.15) is 0 Å². The van der Waals surface area contributed by atoms with E-state index in [4.69, 9.17) is 0 Å². The van der Waals surface area contributed by atoms with Crippen molar-refractivity contribution in [2.45, 2.75) is 16.0 Å². The van der Waals surface area contributed by atoms with Crippen LogP contribution in [0.3, 0.4) is 0 Å². The summed E-state index contributed by atoms with van der Waals surface area (Å²) in [7, 11) is 0. The Morgan fingerprint density at radius 1 is 0.909 bits per heavy atom. The minimum absolute atomic E-state index is 1.20. The Morgan fingerprint density at radius 2 is 1.18 bits per heavy atom. The van der Waals surface area contributed by atoms with Crippen LogP contribution < -0.4 is 0 Å². The molecule has 0 N–H and O–H groups in total. The van der Waals surface area contributed by atoms with Crippen LogP contribution in [-0.4, -0.2) is 16.0 Å². The summed E-state index contributed by atoms with van der Waals surface area (Å²) >= 11 is 3.36. The van der Waals surface area contributed by atoms with E-state index < -0.39 is 16.0 Å². The van der Waals surface area contributed by atoms with Gasteiger partial charge in [-0.2, -0.15) is 22.0 Å². The summed E-state index contributed by atoms with van der Waals surface area (Å²) in [5.74, 6) is 0. The average Bonchev–Trinajstić information content (AvgIpc) is 1.58. The zero-order valence-electron chi connectivity index (χ0n) is 4.59. The van der Waals surface area contributed by atoms with E-state index in [0.29, 0.717) is 0 Å². The van der Waals surface area contributed by atoms with Crippen molar-refractivity contribution in [3.8, 4) is 0 Å². The number of alkyl halides is 7. The average molecular weight is 263 g/mol. The highest BCUT2D eigenvalue weighted by molar-refractivity contribution is 9.10. The summed E-state index contributed by atoms with van der Waals surface area (Å²) < 4.78 is 64.9. The molecule has 1 unspecified atom stereocenters. The summed E-state index contributed by atoms with van der Waals surface area (Å²) in [6.45, 7) is 0. The van der Waals surface area contributed by atoms with Gasteiger partial charge in [0.25, 0.3) is 0 Å². The molecule has 0 rings (SSSR count). The first-order valence-electron chi connectivity index (χ1n) is 2.05. The molecule has 0 bridgehead atoms. The van der Waals surface area contributed by atoms with Gasteiger partial charge >= 0.3 is 16.0 Å². The van der Waals surface area contributed by atoms with Crippen molar-refractivity contribution in [3.05, 3.63) is 0 Å². The maximum atomic E-state index is 12.1. The SMILES string of the molecule is FC(F)(F)C(F)(Br)C(F)(F)S. The van der Waals surface area contributed by atoms with Gasteiger partial charge in [-0.3, -0.25) is 0 Å². The molecule has 0 fully saturated rings. The fourth-order valence-corrected chi connectivity index (χ4v) is 0.297. The Morgan fingerprint density at radius 3 is 1.18 bits per heavy atom. The van der Waals surface area contributed by atoms with Crippen molar-refractivity contribution in [2.24, 2.45) is 0 Å². The van der Waals surface area contributed by atoms with Crippen LogP contribution in [0.4, 0.5) is 26.3 Å². The van der Waals surface area contributed by atoms with Gasteiger partial charge in [0.2, 0.25) is 0 Å². The first-order chi connectivity index (χ1) is 4.50. The molecule has 0 amide bonds. The van der Waals surface area contributed by atoms with E-state index >= 15 is 0 Å². The van der Waals surface area contributed by atoms with Crippen molar-refractivity contribution in [2.75, 3.05) is 0 Å². The lowest BCUT2D eigenvalue weighted by molar-refractivity contribution is -0.233. The van der Waals surface area contributed by atoms with Gasteiger partial charge in [-0.25, -0.2) is 4.39 Å². The topological polar surface area (TPSA) is 0 Å². The summed E-state index contributed by atoms with van der Waals surface area (Å²) in [5, 5.41) is -4.80. The van der Waals surface area contributed by atoms with Crippen LogP contribution >= 0.6 is 28.6 Å². The highest BCUT2D eigenvalue weighted by Crippen LogP contribution is 2.51. The van der Waals surface area contributed by atoms with E-state index in [0.717, 1.165) is 0 Å². The first-order valence-corrected chi connectivity index (χ1v) is 3.29. The maximum absolute atomic E-state index is 12.1. The second-order valence-corrected chi connectivity index (χ2v) is 3.27. The molecule has 0 spiro atoms. The van der Waals surface area contributed by atoms with E-state index in [2.05, 4.69) is 12.6 Å². The van der Waals surface area contributed by atoms with Crippen LogP contribution in [0.5, 0.6) is 0 Å². The summed E-state index contributed by atoms with van der Waals surface area (Å²) in [4.78, 5) is 0. The van der Waals surface area contributed by atoms with Crippen LogP contribution in [0.15, 0.2) is 0 Å². The summed E-state index contributed by atoms with van der Waals surface area (Å²) in [5.41, 5.74) is 0. The highest BCUT2D eigenvalue weighted by Gasteiger charge is 2.68. The molecule has 0 aliphatic carbocycles. The van der Waals surface area contributed by atoms with Crippen LogP contribution in [0.2, 0.25) is 0 Å². The fraction of sp³-hybridized carbons (Fsp3) is 1.00. The van der Waals surface area contributed by atoms with Crippen LogP contribution in [0.1, 0.15) is 0 Å². The zero-order chi connectivity index (χ0) is 9.50. The molecule has 0 saturated heterocycles. The molecule has 0 aliphatic rings. The Balaban J connectivity index is 4.75. The molecular weight excluding hydrogens is 262 g/mol. The van der Waals surface area contributed by atoms with Crippen molar-refractivity contribution < 1.29 is 26.3 Å². The number of halogens is 7. The summed E-state index contributed by atoms with van der Waals surface area (Å²) in [6, 6.07) is 0. The van der Waals surface area contributed by atoms with Gasteiger partial charge in [0, 0.05) is 0 Å². The Hall–Kier alpha value is 0.410. The standard InChI is InChI=1S/C3HBrF6S/c4-1(5,2(6,7)8)3(9,10)11/h11H. The molecule has 0 aromatic rings. The molecule has 68 valence electrons. The van der Waals surface area contributed by atoms with Crippen molar-refractivity contribution in [1.29, 1.82) is 0 Å². The van der Waals surface area contributed by atoms with Crippen molar-refractivity contribution in [3.63, 3.8) is 0 Å². The van der Waals surface area contributed by atoms with Gasteiger partial charge in [0.05, 0.1) is 0 Å². The molecule has 1 atom stereocenters. The van der Waals surface area contributed by atoms with Gasteiger partial charge < -0.3 is 0 Å². The lowest BCUT2D eigenvalue weighted by atomic mass is 10.4. The van der Waals surface area contributed by atoms with E-state index in [1.165, 1.54) is 15.9 Å². The quantitative estimate of drug-likeness (QED) is 0.419. The maximum Gasteiger partial charge on any atom is 0.439 e. The fourth-order valence-electron chi connectivity index (χ4n) is 0.171. The third kappa shape index (κ3) is 2.17. The second-order valence-electron chi connectivity index (χ2n) is 1.61. The number of hydrogen-bond donors (Lipinski definition) is 1. The molecule has 0 radical (unpaired) electrons. The monoisotopic (exact) mass is 262 g/mol. The van der Waals surface area contributed by atoms with Gasteiger partial charge in [-0.1, -0.05) is 0 Å². The third-order valence-corrected chi connectivity index (χ3v) is 2.30. The Bertz CT molecular complexity index is 129. The Labute approximate surface area is 71.5 Å². The van der Waals surface area contributed by atoms with Gasteiger partial charge in [-0.15, -0.1) is 12.6 Å². The number of rotatable bonds is 1. The predicted octanol–water partition coefficient (Wildman–Crippen LogP) is 3.13. The molecule has 0 heterocycles. The van der Waals surface area contributed by atoms with Crippen molar-refractivity contribution >= 4 is 28.6 Å². The minimum Gasteiger partial charge on any atom is -0.213 e. The third-order valence-electron chi connectivity index (χ3n) is 0.734. The normalized spacial score (nSPS) is 19.6. The molecule has 8 heteroatoms. The van der Waals surface area contributed by atoms with Gasteiger partial charge in [-0.05, 0) is 15.9 Å². The molecule has 0 aromatic heterocycles. The van der Waals surface area contributed by atoms with Crippen LogP contribution in [-0.2, 0) is 0 Å². The molecular formula is C3HBrF6S. The van der Waals surface area contributed by atoms with E-state index in [-0.39, 0.29) is 0 Å². The lowest BCUT2D eigenvalue weighted by Gasteiger charge is -2.26. The molecule has 0 aliphatic heterocycles. The van der Waals surface area contributed by atoms with Gasteiger partial charge in [0.15, 0.2) is 0 Å². The first kappa shape index (κ1) is 11.4. The number of thiol groups is 1. The largest absolute Gasteiger partial charge is 0.439 e. The molecule has 0 aromatic carbocycles. The van der Waals surface area contributed by atoms with Crippen LogP contribution in [0.25, 0.3) is 0 Å². The highest BCUT2D eigenvalue weighted by atomic mass is 79.9. The minimum atomic E-state index is -5.70. The second kappa shape index (κ2) is 2.72. The molecule has 0 nitrogen and oxygen atoms in total. The molecule has 11 heavy (non-hydrogen) atoms. The van der Waals surface area contributed by atoms with E-state index in [1.807, 2.05) is 0 Å². The smallest absolute Gasteiger partial charge is 0.213 e. The summed E-state index contributed by atoms with van der Waals surface area (Å²) in [6.07, 6.45) is -5.70. The predicted molar refractivity (Wildman–Crippen MR) is 32.8 cm³/mol. The van der Waals surface area contributed by atoms with Crippen LogP contribution in [0, 0.1) is 0 Å². The zero-order valence-corrected chi connectivity index (χ0v) is 7.07. The molecule has 0 saturated carbocycles. The van der Waals surface area contributed by atoms with E-state index in [9.17, 15) is 26.3 Å². The van der Waals surface area contributed by atoms with Crippen molar-refractivity contribution in [1.82, 2.24) is 0 Å². The Kier molecular flexibility index (Phi) is 2.82. The lowest BCUT2D eigenvalue weighted by Crippen LogP contribution is -2.47.